The van der Waals surface area contributed by atoms with Crippen molar-refractivity contribution >= 4 is 5.82 Å². The first-order chi connectivity index (χ1) is 7.87. The summed E-state index contributed by atoms with van der Waals surface area (Å²) in [5, 5.41) is 22.0. The van der Waals surface area contributed by atoms with Gasteiger partial charge in [-0.15, -0.1) is 10.2 Å². The van der Waals surface area contributed by atoms with E-state index in [0.29, 0.717) is 5.82 Å². The quantitative estimate of drug-likeness (QED) is 0.826. The van der Waals surface area contributed by atoms with Gasteiger partial charge >= 0.3 is 0 Å². The third-order valence-corrected chi connectivity index (χ3v) is 2.75. The molecule has 0 radical (unpaired) electrons. The molecule has 3 rings (SSSR count). The summed E-state index contributed by atoms with van der Waals surface area (Å²) in [4.78, 5) is 0. The van der Waals surface area contributed by atoms with E-state index in [1.807, 2.05) is 30.3 Å². The average Bonchev–Trinajstić information content (AvgIpc) is 2.92. The van der Waals surface area contributed by atoms with Crippen molar-refractivity contribution in [3.8, 4) is 0 Å². The summed E-state index contributed by atoms with van der Waals surface area (Å²) >= 11 is 0. The van der Waals surface area contributed by atoms with E-state index in [1.54, 1.807) is 16.9 Å². The molecule has 80 valence electrons. The summed E-state index contributed by atoms with van der Waals surface area (Å²) in [6.45, 7) is -0.158. The van der Waals surface area contributed by atoms with Gasteiger partial charge in [-0.05, 0) is 0 Å². The first-order valence-corrected chi connectivity index (χ1v) is 5.01. The number of aliphatic hydroxyl groups is 1. The minimum absolute atomic E-state index is 0.158. The first kappa shape index (κ1) is 9.23. The van der Waals surface area contributed by atoms with Crippen LogP contribution >= 0.6 is 0 Å². The van der Waals surface area contributed by atoms with Gasteiger partial charge in [0.05, 0.1) is 12.8 Å². The Bertz CT molecular complexity index is 534. The molecule has 1 aromatic carbocycles. The summed E-state index contributed by atoms with van der Waals surface area (Å²) in [5.74, 6) is 0.665. The van der Waals surface area contributed by atoms with Crippen molar-refractivity contribution in [3.05, 3.63) is 48.2 Å². The van der Waals surface area contributed by atoms with Crippen molar-refractivity contribution in [1.29, 1.82) is 0 Å². The summed E-state index contributed by atoms with van der Waals surface area (Å²) in [7, 11) is 0. The average molecular weight is 214 g/mol. The highest BCUT2D eigenvalue weighted by Gasteiger charge is 2.40. The van der Waals surface area contributed by atoms with Gasteiger partial charge in [-0.2, -0.15) is 5.10 Å². The van der Waals surface area contributed by atoms with E-state index < -0.39 is 5.66 Å². The second-order valence-corrected chi connectivity index (χ2v) is 3.64. The lowest BCUT2D eigenvalue weighted by molar-refractivity contribution is 0.167. The largest absolute Gasteiger partial charge is 0.391 e. The number of benzene rings is 1. The molecule has 1 atom stereocenters. The number of rotatable bonds is 2. The van der Waals surface area contributed by atoms with E-state index in [-0.39, 0.29) is 6.61 Å². The van der Waals surface area contributed by atoms with Crippen molar-refractivity contribution in [2.75, 3.05) is 6.61 Å². The molecule has 1 N–H and O–H groups in total. The van der Waals surface area contributed by atoms with Crippen LogP contribution in [0, 0.1) is 0 Å². The minimum atomic E-state index is -0.889. The van der Waals surface area contributed by atoms with Gasteiger partial charge in [0.15, 0.2) is 5.82 Å². The molecule has 5 nitrogen and oxygen atoms in total. The standard InChI is InChI=1S/C11H10N4O/c16-8-11(9-4-2-1-3-5-9)14-13-10-6-7-12-15(10)11/h1-7,16H,8H2. The fraction of sp³-hybridized carbons (Fsp3) is 0.182. The molecule has 0 fully saturated rings. The van der Waals surface area contributed by atoms with Crippen molar-refractivity contribution in [2.45, 2.75) is 5.66 Å². The second-order valence-electron chi connectivity index (χ2n) is 3.64. The summed E-state index contributed by atoms with van der Waals surface area (Å²) < 4.78 is 1.64. The molecule has 0 saturated carbocycles. The van der Waals surface area contributed by atoms with Gasteiger partial charge in [-0.1, -0.05) is 30.3 Å². The van der Waals surface area contributed by atoms with Gasteiger partial charge in [-0.3, -0.25) is 0 Å². The molecule has 0 bridgehead atoms. The Hall–Kier alpha value is -2.01. The van der Waals surface area contributed by atoms with Gasteiger partial charge in [0, 0.05) is 11.6 Å². The topological polar surface area (TPSA) is 62.8 Å². The van der Waals surface area contributed by atoms with E-state index in [4.69, 9.17) is 0 Å². The number of aromatic nitrogens is 2. The van der Waals surface area contributed by atoms with Crippen LogP contribution in [-0.2, 0) is 5.66 Å². The summed E-state index contributed by atoms with van der Waals surface area (Å²) in [6, 6.07) is 11.3. The van der Waals surface area contributed by atoms with E-state index >= 15 is 0 Å². The number of aliphatic hydroxyl groups excluding tert-OH is 1. The monoisotopic (exact) mass is 214 g/mol. The van der Waals surface area contributed by atoms with Crippen molar-refractivity contribution < 1.29 is 5.11 Å². The maximum absolute atomic E-state index is 9.62. The molecule has 5 heteroatoms. The molecule has 1 aromatic heterocycles. The van der Waals surface area contributed by atoms with Gasteiger partial charge in [0.2, 0.25) is 5.66 Å². The zero-order valence-corrected chi connectivity index (χ0v) is 8.48. The molecule has 0 amide bonds. The molecule has 2 aromatic rings. The van der Waals surface area contributed by atoms with Crippen molar-refractivity contribution in [3.63, 3.8) is 0 Å². The van der Waals surface area contributed by atoms with Crippen LogP contribution in [0.5, 0.6) is 0 Å². The molecule has 0 saturated heterocycles. The Kier molecular flexibility index (Phi) is 1.87. The van der Waals surface area contributed by atoms with Crippen LogP contribution in [0.3, 0.4) is 0 Å². The number of nitrogens with zero attached hydrogens (tertiary/aromatic N) is 4. The van der Waals surface area contributed by atoms with Crippen LogP contribution in [-0.4, -0.2) is 21.5 Å². The minimum Gasteiger partial charge on any atom is -0.391 e. The SMILES string of the molecule is OCC1(c2ccccc2)N=Nc2ccnn21. The van der Waals surface area contributed by atoms with E-state index in [0.717, 1.165) is 5.56 Å². The first-order valence-electron chi connectivity index (χ1n) is 5.01. The van der Waals surface area contributed by atoms with Crippen LogP contribution in [0.15, 0.2) is 52.8 Å². The molecular weight excluding hydrogens is 204 g/mol. The second kappa shape index (κ2) is 3.24. The molecule has 0 spiro atoms. The van der Waals surface area contributed by atoms with Gasteiger partial charge in [0.1, 0.15) is 0 Å². The predicted molar refractivity (Wildman–Crippen MR) is 57.3 cm³/mol. The highest BCUT2D eigenvalue weighted by atomic mass is 16.3. The third-order valence-electron chi connectivity index (χ3n) is 2.75. The number of azo groups is 1. The Morgan fingerprint density at radius 2 is 2.00 bits per heavy atom. The maximum atomic E-state index is 9.62. The molecular formula is C11H10N4O. The Morgan fingerprint density at radius 1 is 1.19 bits per heavy atom. The zero-order valence-electron chi connectivity index (χ0n) is 8.48. The van der Waals surface area contributed by atoms with E-state index in [2.05, 4.69) is 15.3 Å². The number of fused-ring (bicyclic) bond motifs is 1. The van der Waals surface area contributed by atoms with Crippen LogP contribution in [0.2, 0.25) is 0 Å². The highest BCUT2D eigenvalue weighted by Crippen LogP contribution is 2.37. The lowest BCUT2D eigenvalue weighted by Gasteiger charge is -2.23. The van der Waals surface area contributed by atoms with Gasteiger partial charge < -0.3 is 5.11 Å². The fourth-order valence-corrected chi connectivity index (χ4v) is 1.91. The number of hydrogen-bond donors (Lipinski definition) is 1. The van der Waals surface area contributed by atoms with E-state index in [1.165, 1.54) is 0 Å². The van der Waals surface area contributed by atoms with Crippen LogP contribution in [0.25, 0.3) is 0 Å². The lowest BCUT2D eigenvalue weighted by atomic mass is 10.0. The molecule has 1 unspecified atom stereocenters. The third kappa shape index (κ3) is 1.06. The number of hydrogen-bond acceptors (Lipinski definition) is 4. The maximum Gasteiger partial charge on any atom is 0.223 e. The summed E-state index contributed by atoms with van der Waals surface area (Å²) in [6.07, 6.45) is 1.65. The normalized spacial score (nSPS) is 22.3. The Labute approximate surface area is 92.1 Å². The van der Waals surface area contributed by atoms with Crippen LogP contribution < -0.4 is 0 Å². The van der Waals surface area contributed by atoms with Crippen molar-refractivity contribution in [1.82, 2.24) is 9.78 Å². The van der Waals surface area contributed by atoms with Gasteiger partial charge in [0.25, 0.3) is 0 Å². The smallest absolute Gasteiger partial charge is 0.223 e. The zero-order chi connectivity index (χ0) is 11.0. The highest BCUT2D eigenvalue weighted by molar-refractivity contribution is 5.36. The molecule has 16 heavy (non-hydrogen) atoms. The van der Waals surface area contributed by atoms with Crippen molar-refractivity contribution in [2.24, 2.45) is 10.2 Å². The van der Waals surface area contributed by atoms with E-state index in [9.17, 15) is 5.11 Å². The molecule has 0 aliphatic carbocycles. The molecule has 1 aliphatic rings. The van der Waals surface area contributed by atoms with Crippen LogP contribution in [0.4, 0.5) is 5.82 Å². The molecule has 2 heterocycles. The fourth-order valence-electron chi connectivity index (χ4n) is 1.91. The lowest BCUT2D eigenvalue weighted by Crippen LogP contribution is -2.35. The predicted octanol–water partition coefficient (Wildman–Crippen LogP) is 1.67. The Balaban J connectivity index is 2.21. The van der Waals surface area contributed by atoms with Gasteiger partial charge in [-0.25, -0.2) is 4.68 Å². The molecule has 1 aliphatic heterocycles. The summed E-state index contributed by atoms with van der Waals surface area (Å²) in [5.41, 5.74) is -0.0104. The van der Waals surface area contributed by atoms with Crippen LogP contribution in [0.1, 0.15) is 5.56 Å². The Morgan fingerprint density at radius 3 is 2.75 bits per heavy atom.